The third kappa shape index (κ3) is 2.78. The number of hydrogen-bond acceptors (Lipinski definition) is 4. The molecule has 0 aliphatic carbocycles. The third-order valence-corrected chi connectivity index (χ3v) is 4.39. The Bertz CT molecular complexity index is 925. The van der Waals surface area contributed by atoms with Gasteiger partial charge in [-0.15, -0.1) is 0 Å². The van der Waals surface area contributed by atoms with E-state index in [-0.39, 0.29) is 5.63 Å². The molecule has 0 radical (unpaired) electrons. The number of benzene rings is 1. The molecule has 4 rings (SSSR count). The molecule has 3 aromatic rings. The number of aromatic nitrogens is 1. The highest BCUT2D eigenvalue weighted by Gasteiger charge is 2.14. The Kier molecular flexibility index (Phi) is 3.78. The van der Waals surface area contributed by atoms with Crippen LogP contribution in [0.5, 0.6) is 0 Å². The molecule has 122 valence electrons. The second kappa shape index (κ2) is 6.09. The molecule has 24 heavy (non-hydrogen) atoms. The van der Waals surface area contributed by atoms with E-state index >= 15 is 0 Å². The SMILES string of the molecule is C[n+]1ccc(-c2cc3ccc(N4CCOCC4)cc3oc2=O)cc1. The van der Waals surface area contributed by atoms with Crippen LogP contribution in [0.15, 0.2) is 58.0 Å². The Morgan fingerprint density at radius 1 is 1.04 bits per heavy atom. The molecule has 0 atom stereocenters. The molecule has 0 saturated carbocycles. The van der Waals surface area contributed by atoms with Crippen molar-refractivity contribution >= 4 is 16.7 Å². The van der Waals surface area contributed by atoms with Crippen molar-refractivity contribution in [3.05, 3.63) is 59.2 Å². The van der Waals surface area contributed by atoms with Gasteiger partial charge >= 0.3 is 5.63 Å². The van der Waals surface area contributed by atoms with Crippen LogP contribution < -0.4 is 15.1 Å². The minimum Gasteiger partial charge on any atom is -0.422 e. The smallest absolute Gasteiger partial charge is 0.344 e. The molecule has 0 spiro atoms. The van der Waals surface area contributed by atoms with Crippen LogP contribution in [0.2, 0.25) is 0 Å². The first-order chi connectivity index (χ1) is 11.7. The summed E-state index contributed by atoms with van der Waals surface area (Å²) in [7, 11) is 1.94. The Morgan fingerprint density at radius 3 is 2.54 bits per heavy atom. The fraction of sp³-hybridized carbons (Fsp3) is 0.263. The molecule has 0 bridgehead atoms. The van der Waals surface area contributed by atoms with Crippen LogP contribution in [-0.4, -0.2) is 26.3 Å². The van der Waals surface area contributed by atoms with E-state index in [0.717, 1.165) is 42.9 Å². The number of rotatable bonds is 2. The highest BCUT2D eigenvalue weighted by molar-refractivity contribution is 5.84. The summed E-state index contributed by atoms with van der Waals surface area (Å²) < 4.78 is 12.9. The van der Waals surface area contributed by atoms with E-state index in [2.05, 4.69) is 11.0 Å². The lowest BCUT2D eigenvalue weighted by Crippen LogP contribution is -2.36. The van der Waals surface area contributed by atoms with Gasteiger partial charge in [0, 0.05) is 47.9 Å². The molecule has 1 fully saturated rings. The zero-order valence-corrected chi connectivity index (χ0v) is 13.6. The zero-order valence-electron chi connectivity index (χ0n) is 13.6. The lowest BCUT2D eigenvalue weighted by molar-refractivity contribution is -0.671. The summed E-state index contributed by atoms with van der Waals surface area (Å²) in [4.78, 5) is 14.6. The molecule has 1 aliphatic rings. The van der Waals surface area contributed by atoms with Gasteiger partial charge in [0.05, 0.1) is 18.8 Å². The maximum Gasteiger partial charge on any atom is 0.344 e. The summed E-state index contributed by atoms with van der Waals surface area (Å²) >= 11 is 0. The molecule has 0 amide bonds. The van der Waals surface area contributed by atoms with E-state index in [1.54, 1.807) is 0 Å². The molecule has 1 aliphatic heterocycles. The zero-order chi connectivity index (χ0) is 16.5. The summed E-state index contributed by atoms with van der Waals surface area (Å²) in [5.41, 5.74) is 2.82. The van der Waals surface area contributed by atoms with Crippen molar-refractivity contribution in [2.24, 2.45) is 7.05 Å². The van der Waals surface area contributed by atoms with Crippen LogP contribution in [0.25, 0.3) is 22.1 Å². The quantitative estimate of drug-likeness (QED) is 0.535. The minimum atomic E-state index is -0.310. The van der Waals surface area contributed by atoms with Crippen molar-refractivity contribution in [3.63, 3.8) is 0 Å². The second-order valence-corrected chi connectivity index (χ2v) is 6.02. The van der Waals surface area contributed by atoms with Crippen LogP contribution in [-0.2, 0) is 11.8 Å². The number of anilines is 1. The van der Waals surface area contributed by atoms with Crippen molar-refractivity contribution in [2.75, 3.05) is 31.2 Å². The largest absolute Gasteiger partial charge is 0.422 e. The summed E-state index contributed by atoms with van der Waals surface area (Å²) in [5.74, 6) is 0. The van der Waals surface area contributed by atoms with Gasteiger partial charge in [-0.3, -0.25) is 0 Å². The van der Waals surface area contributed by atoms with E-state index < -0.39 is 0 Å². The van der Waals surface area contributed by atoms with E-state index in [1.165, 1.54) is 0 Å². The maximum atomic E-state index is 12.4. The standard InChI is InChI=1S/C19H19N2O3/c1-20-6-4-14(5-7-20)17-12-15-2-3-16(13-18(15)24-19(17)22)21-8-10-23-11-9-21/h2-7,12-13H,8-11H2,1H3/q+1. The Morgan fingerprint density at radius 2 is 1.79 bits per heavy atom. The molecule has 5 nitrogen and oxygen atoms in total. The fourth-order valence-corrected chi connectivity index (χ4v) is 3.00. The Hall–Kier alpha value is -2.66. The maximum absolute atomic E-state index is 12.4. The first-order valence-electron chi connectivity index (χ1n) is 8.07. The van der Waals surface area contributed by atoms with Gasteiger partial charge in [-0.25, -0.2) is 9.36 Å². The highest BCUT2D eigenvalue weighted by Crippen LogP contribution is 2.25. The van der Waals surface area contributed by atoms with Crippen LogP contribution in [0.1, 0.15) is 0 Å². The topological polar surface area (TPSA) is 46.6 Å². The van der Waals surface area contributed by atoms with Gasteiger partial charge in [-0.05, 0) is 18.2 Å². The molecule has 5 heteroatoms. The van der Waals surface area contributed by atoms with Gasteiger partial charge in [0.2, 0.25) is 0 Å². The summed E-state index contributed by atoms with van der Waals surface area (Å²) in [5, 5.41) is 0.926. The first-order valence-corrected chi connectivity index (χ1v) is 8.07. The van der Waals surface area contributed by atoms with Crippen LogP contribution >= 0.6 is 0 Å². The minimum absolute atomic E-state index is 0.310. The lowest BCUT2D eigenvalue weighted by Gasteiger charge is -2.28. The molecule has 1 saturated heterocycles. The van der Waals surface area contributed by atoms with E-state index in [1.807, 2.05) is 54.3 Å². The average Bonchev–Trinajstić information content (AvgIpc) is 2.62. The molecular weight excluding hydrogens is 304 g/mol. The van der Waals surface area contributed by atoms with Crippen molar-refractivity contribution in [1.29, 1.82) is 0 Å². The predicted molar refractivity (Wildman–Crippen MR) is 92.1 cm³/mol. The van der Waals surface area contributed by atoms with Crippen molar-refractivity contribution in [3.8, 4) is 11.1 Å². The van der Waals surface area contributed by atoms with Crippen molar-refractivity contribution in [2.45, 2.75) is 0 Å². The van der Waals surface area contributed by atoms with Crippen molar-refractivity contribution in [1.82, 2.24) is 0 Å². The number of nitrogens with zero attached hydrogens (tertiary/aromatic N) is 2. The highest BCUT2D eigenvalue weighted by atomic mass is 16.5. The average molecular weight is 323 g/mol. The van der Waals surface area contributed by atoms with Crippen LogP contribution in [0.4, 0.5) is 5.69 Å². The summed E-state index contributed by atoms with van der Waals surface area (Å²) in [6.07, 6.45) is 3.83. The monoisotopic (exact) mass is 323 g/mol. The molecule has 2 aromatic heterocycles. The number of fused-ring (bicyclic) bond motifs is 1. The normalized spacial score (nSPS) is 15.0. The Labute approximate surface area is 139 Å². The fourth-order valence-electron chi connectivity index (χ4n) is 3.00. The van der Waals surface area contributed by atoms with E-state index in [9.17, 15) is 4.79 Å². The second-order valence-electron chi connectivity index (χ2n) is 6.02. The van der Waals surface area contributed by atoms with Crippen LogP contribution in [0.3, 0.4) is 0 Å². The Balaban J connectivity index is 1.76. The molecule has 3 heterocycles. The summed E-state index contributed by atoms with van der Waals surface area (Å²) in [6, 6.07) is 11.8. The van der Waals surface area contributed by atoms with Gasteiger partial charge in [0.1, 0.15) is 12.6 Å². The predicted octanol–water partition coefficient (Wildman–Crippen LogP) is 2.12. The first kappa shape index (κ1) is 14.9. The molecule has 0 unspecified atom stereocenters. The summed E-state index contributed by atoms with van der Waals surface area (Å²) in [6.45, 7) is 3.17. The third-order valence-electron chi connectivity index (χ3n) is 4.39. The number of ether oxygens (including phenoxy) is 1. The van der Waals surface area contributed by atoms with Gasteiger partial charge in [0.15, 0.2) is 12.4 Å². The molecule has 1 aromatic carbocycles. The number of aryl methyl sites for hydroxylation is 1. The number of pyridine rings is 1. The molecular formula is C19H19N2O3+. The van der Waals surface area contributed by atoms with Gasteiger partial charge in [-0.1, -0.05) is 0 Å². The number of morpholine rings is 1. The van der Waals surface area contributed by atoms with Gasteiger partial charge < -0.3 is 14.1 Å². The van der Waals surface area contributed by atoms with Crippen molar-refractivity contribution < 1.29 is 13.7 Å². The number of hydrogen-bond donors (Lipinski definition) is 0. The van der Waals surface area contributed by atoms with E-state index in [0.29, 0.717) is 11.1 Å². The molecule has 0 N–H and O–H groups in total. The van der Waals surface area contributed by atoms with Gasteiger partial charge in [-0.2, -0.15) is 0 Å². The lowest BCUT2D eigenvalue weighted by atomic mass is 10.1. The van der Waals surface area contributed by atoms with Gasteiger partial charge in [0.25, 0.3) is 0 Å². The van der Waals surface area contributed by atoms with E-state index in [4.69, 9.17) is 9.15 Å². The van der Waals surface area contributed by atoms with Crippen LogP contribution in [0, 0.1) is 0 Å².